The van der Waals surface area contributed by atoms with Crippen LogP contribution in [0.3, 0.4) is 0 Å². The summed E-state index contributed by atoms with van der Waals surface area (Å²) < 4.78 is 9.28. The minimum Gasteiger partial charge on any atom is -0.481 e. The van der Waals surface area contributed by atoms with Crippen molar-refractivity contribution in [2.45, 2.75) is 32.6 Å². The van der Waals surface area contributed by atoms with Gasteiger partial charge in [0.2, 0.25) is 5.89 Å². The van der Waals surface area contributed by atoms with Crippen molar-refractivity contribution in [3.05, 3.63) is 11.6 Å². The largest absolute Gasteiger partial charge is 0.481 e. The van der Waals surface area contributed by atoms with Gasteiger partial charge >= 0.3 is 5.97 Å². The number of carbonyl (C=O) groups is 1. The first-order valence-corrected chi connectivity index (χ1v) is 6.33. The van der Waals surface area contributed by atoms with Crippen molar-refractivity contribution in [2.75, 3.05) is 0 Å². The van der Waals surface area contributed by atoms with Crippen molar-refractivity contribution >= 4 is 17.5 Å². The van der Waals surface area contributed by atoms with Crippen molar-refractivity contribution in [3.8, 4) is 10.8 Å². The fourth-order valence-corrected chi connectivity index (χ4v) is 2.06. The maximum atomic E-state index is 10.4. The van der Waals surface area contributed by atoms with Gasteiger partial charge in [0.05, 0.1) is 12.1 Å². The monoisotopic (exact) mass is 268 g/mol. The van der Waals surface area contributed by atoms with Crippen LogP contribution >= 0.6 is 11.5 Å². The molecule has 2 aromatic rings. The summed E-state index contributed by atoms with van der Waals surface area (Å²) in [6, 6.07) is 0. The summed E-state index contributed by atoms with van der Waals surface area (Å²) in [5.41, 5.74) is 0.843. The predicted octanol–water partition coefficient (Wildman–Crippen LogP) is 1.56. The topological polar surface area (TPSA) is 102 Å². The van der Waals surface area contributed by atoms with E-state index in [1.54, 1.807) is 0 Å². The molecule has 1 N–H and O–H groups in total. The second-order valence-corrected chi connectivity index (χ2v) is 4.45. The molecule has 2 rings (SSSR count). The van der Waals surface area contributed by atoms with E-state index >= 15 is 0 Å². The zero-order valence-electron chi connectivity index (χ0n) is 9.79. The number of aromatic nitrogens is 4. The van der Waals surface area contributed by atoms with E-state index in [1.807, 2.05) is 0 Å². The fraction of sp³-hybridized carbons (Fsp3) is 0.500. The van der Waals surface area contributed by atoms with Crippen LogP contribution in [0, 0.1) is 0 Å². The van der Waals surface area contributed by atoms with Crippen molar-refractivity contribution in [3.63, 3.8) is 0 Å². The van der Waals surface area contributed by atoms with Crippen molar-refractivity contribution < 1.29 is 14.3 Å². The van der Waals surface area contributed by atoms with Crippen LogP contribution in [0.15, 0.2) is 4.42 Å². The van der Waals surface area contributed by atoms with Crippen LogP contribution in [0.4, 0.5) is 0 Å². The molecule has 96 valence electrons. The van der Waals surface area contributed by atoms with Gasteiger partial charge in [0.1, 0.15) is 4.88 Å². The number of rotatable bonds is 6. The number of aryl methyl sites for hydroxylation is 2. The van der Waals surface area contributed by atoms with Gasteiger partial charge in [-0.2, -0.15) is 0 Å². The van der Waals surface area contributed by atoms with Crippen molar-refractivity contribution in [1.82, 2.24) is 19.8 Å². The Bertz CT molecular complexity index is 537. The summed E-state index contributed by atoms with van der Waals surface area (Å²) in [5, 5.41) is 20.3. The van der Waals surface area contributed by atoms with Crippen LogP contribution in [0.5, 0.6) is 0 Å². The van der Waals surface area contributed by atoms with Gasteiger partial charge < -0.3 is 9.52 Å². The molecule has 2 heterocycles. The molecule has 0 fully saturated rings. The van der Waals surface area contributed by atoms with E-state index in [1.165, 1.54) is 11.5 Å². The highest BCUT2D eigenvalue weighted by molar-refractivity contribution is 7.09. The first kappa shape index (κ1) is 12.6. The summed E-state index contributed by atoms with van der Waals surface area (Å²) in [6.45, 7) is 2.05. The second-order valence-electron chi connectivity index (χ2n) is 3.69. The lowest BCUT2D eigenvalue weighted by atomic mass is 10.2. The third kappa shape index (κ3) is 2.89. The molecule has 0 spiro atoms. The van der Waals surface area contributed by atoms with Crippen LogP contribution in [0.1, 0.15) is 31.4 Å². The van der Waals surface area contributed by atoms with Gasteiger partial charge in [-0.15, -0.1) is 15.3 Å². The summed E-state index contributed by atoms with van der Waals surface area (Å²) >= 11 is 1.21. The van der Waals surface area contributed by atoms with E-state index < -0.39 is 5.97 Å². The van der Waals surface area contributed by atoms with E-state index in [2.05, 4.69) is 26.7 Å². The van der Waals surface area contributed by atoms with Crippen molar-refractivity contribution in [2.24, 2.45) is 0 Å². The molecule has 0 aliphatic carbocycles. The average molecular weight is 268 g/mol. The van der Waals surface area contributed by atoms with E-state index in [9.17, 15) is 4.79 Å². The summed E-state index contributed by atoms with van der Waals surface area (Å²) in [7, 11) is 0. The van der Waals surface area contributed by atoms with E-state index in [0.29, 0.717) is 11.8 Å². The Labute approximate surface area is 107 Å². The Kier molecular flexibility index (Phi) is 3.98. The first-order valence-electron chi connectivity index (χ1n) is 5.56. The quantitative estimate of drug-likeness (QED) is 0.847. The molecule has 2 aromatic heterocycles. The normalized spacial score (nSPS) is 10.7. The Balaban J connectivity index is 2.13. The highest BCUT2D eigenvalue weighted by atomic mass is 32.1. The van der Waals surface area contributed by atoms with Crippen LogP contribution in [-0.2, 0) is 17.6 Å². The zero-order valence-corrected chi connectivity index (χ0v) is 10.6. The summed E-state index contributed by atoms with van der Waals surface area (Å²) in [6.07, 6.45) is 1.97. The van der Waals surface area contributed by atoms with Gasteiger partial charge in [0.15, 0.2) is 0 Å². The maximum absolute atomic E-state index is 10.4. The maximum Gasteiger partial charge on any atom is 0.303 e. The van der Waals surface area contributed by atoms with Gasteiger partial charge in [-0.3, -0.25) is 4.79 Å². The molecule has 0 amide bonds. The molecule has 0 aliphatic rings. The lowest BCUT2D eigenvalue weighted by molar-refractivity contribution is -0.137. The number of hydrogen-bond acceptors (Lipinski definition) is 7. The minimum atomic E-state index is -0.888. The Morgan fingerprint density at radius 2 is 2.17 bits per heavy atom. The molecule has 0 aliphatic heterocycles. The van der Waals surface area contributed by atoms with E-state index in [4.69, 9.17) is 9.52 Å². The van der Waals surface area contributed by atoms with Crippen molar-refractivity contribution in [1.29, 1.82) is 0 Å². The third-order valence-corrected chi connectivity index (χ3v) is 3.01. The third-order valence-electron chi connectivity index (χ3n) is 2.26. The molecule has 8 heteroatoms. The molecule has 0 saturated carbocycles. The van der Waals surface area contributed by atoms with Crippen LogP contribution in [0.2, 0.25) is 0 Å². The highest BCUT2D eigenvalue weighted by Gasteiger charge is 2.16. The number of hydrogen-bond donors (Lipinski definition) is 1. The van der Waals surface area contributed by atoms with Crippen LogP contribution < -0.4 is 0 Å². The fourth-order valence-electron chi connectivity index (χ4n) is 1.43. The first-order chi connectivity index (χ1) is 8.70. The molecule has 7 nitrogen and oxygen atoms in total. The number of carboxylic acids is 1. The van der Waals surface area contributed by atoms with Gasteiger partial charge in [0.25, 0.3) is 5.89 Å². The molecule has 18 heavy (non-hydrogen) atoms. The lowest BCUT2D eigenvalue weighted by Crippen LogP contribution is -1.97. The van der Waals surface area contributed by atoms with Gasteiger partial charge in [0, 0.05) is 6.42 Å². The number of nitrogens with zero attached hydrogens (tertiary/aromatic N) is 4. The lowest BCUT2D eigenvalue weighted by Gasteiger charge is -1.93. The summed E-state index contributed by atoms with van der Waals surface area (Å²) in [4.78, 5) is 11.2. The zero-order chi connectivity index (χ0) is 13.0. The Morgan fingerprint density at radius 1 is 1.33 bits per heavy atom. The number of carboxylic acid groups (broad SMARTS) is 1. The summed E-state index contributed by atoms with van der Waals surface area (Å²) in [5.74, 6) is -0.196. The van der Waals surface area contributed by atoms with E-state index in [-0.39, 0.29) is 12.8 Å². The van der Waals surface area contributed by atoms with Crippen LogP contribution in [0.25, 0.3) is 10.8 Å². The molecular weight excluding hydrogens is 256 g/mol. The minimum absolute atomic E-state index is 0.0234. The Morgan fingerprint density at radius 3 is 2.89 bits per heavy atom. The van der Waals surface area contributed by atoms with Gasteiger partial charge in [-0.05, 0) is 18.0 Å². The van der Waals surface area contributed by atoms with E-state index in [0.717, 1.165) is 23.4 Å². The van der Waals surface area contributed by atoms with Crippen LogP contribution in [-0.4, -0.2) is 30.9 Å². The standard InChI is InChI=1S/C10H12N4O3S/c1-2-3-6-9(18-14-11-6)10-13-12-7(17-10)4-5-8(15)16/h2-5H2,1H3,(H,15,16). The smallest absolute Gasteiger partial charge is 0.303 e. The highest BCUT2D eigenvalue weighted by Crippen LogP contribution is 2.25. The Hall–Kier alpha value is -1.83. The number of aliphatic carboxylic acids is 1. The molecular formula is C10H12N4O3S. The predicted molar refractivity (Wildman–Crippen MR) is 63.2 cm³/mol. The van der Waals surface area contributed by atoms with Gasteiger partial charge in [-0.25, -0.2) is 0 Å². The van der Waals surface area contributed by atoms with Gasteiger partial charge in [-0.1, -0.05) is 17.8 Å². The molecule has 0 aromatic carbocycles. The second kappa shape index (κ2) is 5.67. The average Bonchev–Trinajstić information content (AvgIpc) is 2.94. The SMILES string of the molecule is CCCc1nnsc1-c1nnc(CCC(=O)O)o1. The molecule has 0 saturated heterocycles. The molecule has 0 atom stereocenters. The molecule has 0 unspecified atom stereocenters. The molecule has 0 radical (unpaired) electrons. The molecule has 0 bridgehead atoms.